The Labute approximate surface area is 199 Å². The van der Waals surface area contributed by atoms with Crippen LogP contribution in [0.3, 0.4) is 0 Å². The molecule has 9 heteroatoms. The fourth-order valence-corrected chi connectivity index (χ4v) is 6.80. The van der Waals surface area contributed by atoms with Crippen LogP contribution in [0.5, 0.6) is 0 Å². The van der Waals surface area contributed by atoms with Crippen molar-refractivity contribution in [3.63, 3.8) is 0 Å². The molecule has 0 radical (unpaired) electrons. The number of hydrogen-bond acceptors (Lipinski definition) is 7. The number of ether oxygens (including phenoxy) is 6. The highest BCUT2D eigenvalue weighted by Crippen LogP contribution is 2.51. The fourth-order valence-electron chi connectivity index (χ4n) is 6.80. The lowest BCUT2D eigenvalue weighted by Gasteiger charge is -2.34. The number of fused-ring (bicyclic) bond motifs is 4. The molecule has 34 heavy (non-hydrogen) atoms. The largest absolute Gasteiger partial charge is 0.388 e. The van der Waals surface area contributed by atoms with E-state index in [0.717, 1.165) is 19.4 Å². The van der Waals surface area contributed by atoms with Crippen molar-refractivity contribution in [1.82, 2.24) is 0 Å². The van der Waals surface area contributed by atoms with Crippen LogP contribution in [0.1, 0.15) is 51.4 Å². The highest BCUT2D eigenvalue weighted by atomic mass is 19.1. The molecule has 2 heterocycles. The number of aliphatic hydroxyl groups is 1. The molecule has 2 aliphatic heterocycles. The number of hydrogen-bond donors (Lipinski definition) is 1. The zero-order chi connectivity index (χ0) is 23.3. The third-order valence-electron chi connectivity index (χ3n) is 8.87. The molecule has 6 aliphatic rings. The molecule has 4 aliphatic carbocycles. The average molecular weight is 489 g/mol. The van der Waals surface area contributed by atoms with Crippen molar-refractivity contribution < 1.29 is 42.3 Å². The van der Waals surface area contributed by atoms with Gasteiger partial charge in [-0.15, -0.1) is 0 Å². The third kappa shape index (κ3) is 5.17. The van der Waals surface area contributed by atoms with Gasteiger partial charge in [0.15, 0.2) is 0 Å². The summed E-state index contributed by atoms with van der Waals surface area (Å²) in [5.41, 5.74) is -2.77. The first-order valence-electron chi connectivity index (χ1n) is 13.2. The van der Waals surface area contributed by atoms with Gasteiger partial charge in [-0.3, -0.25) is 0 Å². The summed E-state index contributed by atoms with van der Waals surface area (Å²) in [6.07, 6.45) is 2.83. The Morgan fingerprint density at radius 3 is 1.79 bits per heavy atom. The fraction of sp³-hybridized carbons (Fsp3) is 1.00. The van der Waals surface area contributed by atoms with E-state index in [0.29, 0.717) is 58.3 Å². The first-order chi connectivity index (χ1) is 16.4. The molecule has 0 amide bonds. The van der Waals surface area contributed by atoms with Gasteiger partial charge in [-0.25, -0.2) is 8.78 Å². The second kappa shape index (κ2) is 9.47. The normalized spacial score (nSPS) is 49.9. The maximum atomic E-state index is 15.6. The SMILES string of the molecule is OC(COC1CC2(F)CC1CCC2OCC1CO1)COC1CCC2CC1(F)CC2OCC1CO1. The first-order valence-corrected chi connectivity index (χ1v) is 13.2. The highest BCUT2D eigenvalue weighted by molar-refractivity contribution is 5.06. The van der Waals surface area contributed by atoms with Crippen molar-refractivity contribution in [1.29, 1.82) is 0 Å². The van der Waals surface area contributed by atoms with E-state index < -0.39 is 29.6 Å². The van der Waals surface area contributed by atoms with Crippen LogP contribution >= 0.6 is 0 Å². The van der Waals surface area contributed by atoms with Gasteiger partial charge in [0, 0.05) is 12.8 Å². The molecule has 11 atom stereocenters. The van der Waals surface area contributed by atoms with E-state index in [9.17, 15) is 5.11 Å². The summed E-state index contributed by atoms with van der Waals surface area (Å²) in [6, 6.07) is 0. The molecule has 194 valence electrons. The van der Waals surface area contributed by atoms with Gasteiger partial charge < -0.3 is 33.5 Å². The Morgan fingerprint density at radius 2 is 1.21 bits per heavy atom. The summed E-state index contributed by atoms with van der Waals surface area (Å²) in [5.74, 6) is 0.382. The minimum Gasteiger partial charge on any atom is -0.388 e. The Bertz CT molecular complexity index is 721. The number of rotatable bonds is 12. The molecule has 0 aromatic carbocycles. The minimum absolute atomic E-state index is 0.0215. The Morgan fingerprint density at radius 1 is 0.706 bits per heavy atom. The number of aliphatic hydroxyl groups excluding tert-OH is 1. The molecule has 6 rings (SSSR count). The Hall–Kier alpha value is -0.420. The summed E-state index contributed by atoms with van der Waals surface area (Å²) < 4.78 is 65.1. The molecular weight excluding hydrogens is 450 g/mol. The Balaban J connectivity index is 0.931. The van der Waals surface area contributed by atoms with Gasteiger partial charge in [0.2, 0.25) is 0 Å². The van der Waals surface area contributed by atoms with Crippen LogP contribution in [0.4, 0.5) is 8.78 Å². The van der Waals surface area contributed by atoms with Crippen LogP contribution in [0, 0.1) is 11.8 Å². The predicted octanol–water partition coefficient (Wildman–Crippen LogP) is 2.51. The van der Waals surface area contributed by atoms with Gasteiger partial charge in [0.25, 0.3) is 0 Å². The highest BCUT2D eigenvalue weighted by Gasteiger charge is 2.56. The molecule has 6 fully saturated rings. The maximum absolute atomic E-state index is 15.6. The van der Waals surface area contributed by atoms with Gasteiger partial charge in [-0.2, -0.15) is 0 Å². The van der Waals surface area contributed by atoms with E-state index in [1.165, 1.54) is 0 Å². The lowest BCUT2D eigenvalue weighted by Crippen LogP contribution is -2.42. The molecule has 0 aromatic rings. The van der Waals surface area contributed by atoms with E-state index in [1.54, 1.807) is 0 Å². The predicted molar refractivity (Wildman–Crippen MR) is 116 cm³/mol. The molecule has 4 saturated carbocycles. The molecule has 11 unspecified atom stereocenters. The van der Waals surface area contributed by atoms with Crippen LogP contribution in [0.15, 0.2) is 0 Å². The number of alkyl halides is 2. The molecule has 1 N–H and O–H groups in total. The van der Waals surface area contributed by atoms with E-state index in [2.05, 4.69) is 0 Å². The number of epoxide rings is 2. The molecular formula is C25H38F2O7. The van der Waals surface area contributed by atoms with Gasteiger partial charge in [0.05, 0.1) is 64.1 Å². The molecule has 0 aromatic heterocycles. The van der Waals surface area contributed by atoms with E-state index in [1.807, 2.05) is 0 Å². The van der Waals surface area contributed by atoms with Crippen molar-refractivity contribution in [2.24, 2.45) is 11.8 Å². The van der Waals surface area contributed by atoms with Crippen molar-refractivity contribution in [2.75, 3.05) is 39.6 Å². The van der Waals surface area contributed by atoms with E-state index in [4.69, 9.17) is 28.4 Å². The zero-order valence-electron chi connectivity index (χ0n) is 19.7. The van der Waals surface area contributed by atoms with Crippen molar-refractivity contribution >= 4 is 0 Å². The van der Waals surface area contributed by atoms with Crippen LogP contribution < -0.4 is 0 Å². The van der Waals surface area contributed by atoms with Crippen LogP contribution in [-0.4, -0.2) is 98.8 Å². The second-order valence-corrected chi connectivity index (χ2v) is 11.5. The average Bonchev–Trinajstić information content (AvgIpc) is 3.73. The summed E-state index contributed by atoms with van der Waals surface area (Å²) in [6.45, 7) is 2.54. The van der Waals surface area contributed by atoms with Crippen LogP contribution in [-0.2, 0) is 28.4 Å². The van der Waals surface area contributed by atoms with Crippen LogP contribution in [0.25, 0.3) is 0 Å². The lowest BCUT2D eigenvalue weighted by molar-refractivity contribution is -0.116. The van der Waals surface area contributed by atoms with Crippen molar-refractivity contribution in [3.05, 3.63) is 0 Å². The monoisotopic (exact) mass is 488 g/mol. The zero-order valence-corrected chi connectivity index (χ0v) is 19.7. The summed E-state index contributed by atoms with van der Waals surface area (Å²) in [4.78, 5) is 0. The molecule has 7 nitrogen and oxygen atoms in total. The topological polar surface area (TPSA) is 82.2 Å². The number of halogens is 2. The van der Waals surface area contributed by atoms with Crippen molar-refractivity contribution in [2.45, 2.75) is 105 Å². The lowest BCUT2D eigenvalue weighted by atomic mass is 9.84. The third-order valence-corrected chi connectivity index (χ3v) is 8.87. The van der Waals surface area contributed by atoms with Crippen molar-refractivity contribution in [3.8, 4) is 0 Å². The quantitative estimate of drug-likeness (QED) is 0.423. The molecule has 2 saturated heterocycles. The standard InChI is InChI=1S/C25H38F2O7/c26-24-6-16(21(8-24)32-13-18-11-29-18)1-3-22(24)33-10-17(28)9-31-20-7-25(27)5-15(20)2-4-23(25)34-14-19-12-30-19/h15-23,28H,1-14H2. The maximum Gasteiger partial charge on any atom is 0.139 e. The molecule has 4 bridgehead atoms. The van der Waals surface area contributed by atoms with Gasteiger partial charge in [-0.1, -0.05) is 0 Å². The molecule has 0 spiro atoms. The summed E-state index contributed by atoms with van der Waals surface area (Å²) in [5, 5.41) is 10.5. The minimum atomic E-state index is -1.40. The van der Waals surface area contributed by atoms with Gasteiger partial charge in [-0.05, 0) is 50.4 Å². The van der Waals surface area contributed by atoms with Gasteiger partial charge in [0.1, 0.15) is 29.6 Å². The second-order valence-electron chi connectivity index (χ2n) is 11.5. The summed E-state index contributed by atoms with van der Waals surface area (Å²) >= 11 is 0. The summed E-state index contributed by atoms with van der Waals surface area (Å²) in [7, 11) is 0. The first kappa shape index (κ1) is 23.9. The van der Waals surface area contributed by atoms with E-state index >= 15 is 8.78 Å². The Kier molecular flexibility index (Phi) is 6.67. The van der Waals surface area contributed by atoms with E-state index in [-0.39, 0.29) is 49.5 Å². The van der Waals surface area contributed by atoms with Gasteiger partial charge >= 0.3 is 0 Å². The van der Waals surface area contributed by atoms with Crippen LogP contribution in [0.2, 0.25) is 0 Å². The smallest absolute Gasteiger partial charge is 0.139 e.